The first-order valence-corrected chi connectivity index (χ1v) is 7.98. The van der Waals surface area contributed by atoms with Crippen LogP contribution in [0.4, 0.5) is 11.8 Å². The number of nitrogen functional groups attached to an aromatic ring is 1. The van der Waals surface area contributed by atoms with Crippen LogP contribution >= 0.6 is 0 Å². The first kappa shape index (κ1) is 19.1. The first-order valence-electron chi connectivity index (χ1n) is 7.98. The fourth-order valence-corrected chi connectivity index (χ4v) is 1.74. The minimum atomic E-state index is 0.284. The molecule has 0 saturated heterocycles. The molecule has 0 fully saturated rings. The Kier molecular flexibility index (Phi) is 9.92. The van der Waals surface area contributed by atoms with E-state index in [1.807, 2.05) is 39.2 Å². The van der Waals surface area contributed by atoms with Crippen molar-refractivity contribution in [2.75, 3.05) is 17.6 Å². The van der Waals surface area contributed by atoms with Crippen molar-refractivity contribution in [1.82, 2.24) is 19.5 Å². The molecule has 0 radical (unpaired) electrons. The van der Waals surface area contributed by atoms with E-state index in [-0.39, 0.29) is 5.95 Å². The molecule has 0 aliphatic heterocycles. The molecular weight excluding hydrogens is 264 g/mol. The fraction of sp³-hybridized carbons (Fsp3) is 0.667. The number of aryl methyl sites for hydroxylation is 1. The zero-order chi connectivity index (χ0) is 16.3. The summed E-state index contributed by atoms with van der Waals surface area (Å²) >= 11 is 0. The number of hydrogen-bond donors (Lipinski definition) is 2. The molecule has 0 spiro atoms. The van der Waals surface area contributed by atoms with Gasteiger partial charge in [-0.05, 0) is 13.3 Å². The van der Waals surface area contributed by atoms with E-state index in [1.165, 1.54) is 0 Å². The number of rotatable bonds is 5. The molecule has 0 aliphatic rings. The molecule has 2 rings (SSSR count). The lowest BCUT2D eigenvalue weighted by Gasteiger charge is -2.05. The monoisotopic (exact) mass is 294 g/mol. The molecule has 6 nitrogen and oxygen atoms in total. The third kappa shape index (κ3) is 5.21. The van der Waals surface area contributed by atoms with E-state index in [2.05, 4.69) is 27.2 Å². The molecule has 0 unspecified atom stereocenters. The topological polar surface area (TPSA) is 81.7 Å². The van der Waals surface area contributed by atoms with Gasteiger partial charge in [-0.3, -0.25) is 0 Å². The standard InChI is InChI=1S/C11H18N6.2C2H6/c1-3-5-6-17-7-14-8-9(13-4-2)15-11(12)16-10(8)17;2*1-2/h7H,3-6H2,1-2H3,(H3,12,13,15,16);2*1-2H3. The minimum absolute atomic E-state index is 0.284. The number of nitrogens with zero attached hydrogens (tertiary/aromatic N) is 4. The summed E-state index contributed by atoms with van der Waals surface area (Å²) < 4.78 is 2.03. The Labute approximate surface area is 128 Å². The fourth-order valence-electron chi connectivity index (χ4n) is 1.74. The summed E-state index contributed by atoms with van der Waals surface area (Å²) in [6.45, 7) is 13.9. The Hall–Kier alpha value is -1.85. The van der Waals surface area contributed by atoms with E-state index in [9.17, 15) is 0 Å². The predicted octanol–water partition coefficient (Wildman–Crippen LogP) is 3.69. The number of nitrogens with one attached hydrogen (secondary N) is 1. The highest BCUT2D eigenvalue weighted by molar-refractivity contribution is 5.84. The van der Waals surface area contributed by atoms with Crippen LogP contribution in [0.3, 0.4) is 0 Å². The highest BCUT2D eigenvalue weighted by atomic mass is 15.2. The maximum atomic E-state index is 5.71. The normalized spacial score (nSPS) is 9.43. The van der Waals surface area contributed by atoms with E-state index >= 15 is 0 Å². The molecule has 0 aliphatic carbocycles. The molecule has 0 aromatic carbocycles. The number of aromatic nitrogens is 4. The van der Waals surface area contributed by atoms with E-state index < -0.39 is 0 Å². The second-order valence-corrected chi connectivity index (χ2v) is 3.92. The summed E-state index contributed by atoms with van der Waals surface area (Å²) in [7, 11) is 0. The van der Waals surface area contributed by atoms with E-state index in [0.717, 1.165) is 37.1 Å². The molecule has 3 N–H and O–H groups in total. The molecule has 2 heterocycles. The van der Waals surface area contributed by atoms with Crippen molar-refractivity contribution in [3.8, 4) is 0 Å². The number of anilines is 2. The van der Waals surface area contributed by atoms with Crippen LogP contribution in [-0.4, -0.2) is 26.1 Å². The summed E-state index contributed by atoms with van der Waals surface area (Å²) in [5.74, 6) is 0.997. The Morgan fingerprint density at radius 1 is 1.14 bits per heavy atom. The van der Waals surface area contributed by atoms with E-state index in [1.54, 1.807) is 6.33 Å². The number of imidazole rings is 1. The van der Waals surface area contributed by atoms with Crippen molar-refractivity contribution in [1.29, 1.82) is 0 Å². The van der Waals surface area contributed by atoms with Gasteiger partial charge in [-0.1, -0.05) is 41.0 Å². The summed E-state index contributed by atoms with van der Waals surface area (Å²) in [4.78, 5) is 12.8. The quantitative estimate of drug-likeness (QED) is 0.878. The second kappa shape index (κ2) is 10.9. The van der Waals surface area contributed by atoms with Gasteiger partial charge in [-0.2, -0.15) is 9.97 Å². The second-order valence-electron chi connectivity index (χ2n) is 3.92. The Bertz CT molecular complexity index is 506. The van der Waals surface area contributed by atoms with Gasteiger partial charge in [0, 0.05) is 13.1 Å². The summed E-state index contributed by atoms with van der Waals surface area (Å²) in [5.41, 5.74) is 7.30. The first-order chi connectivity index (χ1) is 10.3. The SMILES string of the molecule is CC.CC.CCCCn1cnc2c(NCC)nc(N)nc21. The van der Waals surface area contributed by atoms with Crippen molar-refractivity contribution in [3.05, 3.63) is 6.33 Å². The van der Waals surface area contributed by atoms with Crippen LogP contribution in [0.2, 0.25) is 0 Å². The van der Waals surface area contributed by atoms with E-state index in [4.69, 9.17) is 5.73 Å². The van der Waals surface area contributed by atoms with Crippen LogP contribution in [0.5, 0.6) is 0 Å². The molecule has 21 heavy (non-hydrogen) atoms. The van der Waals surface area contributed by atoms with Crippen molar-refractivity contribution >= 4 is 22.9 Å². The lowest BCUT2D eigenvalue weighted by atomic mass is 10.3. The maximum absolute atomic E-state index is 5.71. The smallest absolute Gasteiger partial charge is 0.224 e. The lowest BCUT2D eigenvalue weighted by Crippen LogP contribution is -2.06. The zero-order valence-corrected chi connectivity index (χ0v) is 14.3. The lowest BCUT2D eigenvalue weighted by molar-refractivity contribution is 0.642. The van der Waals surface area contributed by atoms with Crippen LogP contribution in [0, 0.1) is 0 Å². The Balaban J connectivity index is 0.000000921. The molecule has 0 atom stereocenters. The minimum Gasteiger partial charge on any atom is -0.368 e. The predicted molar refractivity (Wildman–Crippen MR) is 91.5 cm³/mol. The molecule has 120 valence electrons. The van der Waals surface area contributed by atoms with Gasteiger partial charge in [-0.25, -0.2) is 4.98 Å². The molecule has 0 bridgehead atoms. The summed E-state index contributed by atoms with van der Waals surface area (Å²) in [6.07, 6.45) is 4.04. The van der Waals surface area contributed by atoms with Gasteiger partial charge in [0.1, 0.15) is 0 Å². The van der Waals surface area contributed by atoms with Gasteiger partial charge in [0.05, 0.1) is 6.33 Å². The van der Waals surface area contributed by atoms with Gasteiger partial charge in [-0.15, -0.1) is 0 Å². The van der Waals surface area contributed by atoms with Gasteiger partial charge >= 0.3 is 0 Å². The number of nitrogens with two attached hydrogens (primary N) is 1. The van der Waals surface area contributed by atoms with Gasteiger partial charge < -0.3 is 15.6 Å². The van der Waals surface area contributed by atoms with Crippen molar-refractivity contribution < 1.29 is 0 Å². The van der Waals surface area contributed by atoms with Gasteiger partial charge in [0.15, 0.2) is 17.0 Å². The van der Waals surface area contributed by atoms with Crippen molar-refractivity contribution in [3.63, 3.8) is 0 Å². The zero-order valence-electron chi connectivity index (χ0n) is 14.3. The summed E-state index contributed by atoms with van der Waals surface area (Å²) in [5, 5.41) is 3.15. The van der Waals surface area contributed by atoms with Crippen LogP contribution in [-0.2, 0) is 6.54 Å². The number of unbranched alkanes of at least 4 members (excludes halogenated alkanes) is 1. The van der Waals surface area contributed by atoms with Crippen LogP contribution < -0.4 is 11.1 Å². The van der Waals surface area contributed by atoms with Crippen LogP contribution in [0.1, 0.15) is 54.4 Å². The molecular formula is C15H30N6. The average molecular weight is 294 g/mol. The number of fused-ring (bicyclic) bond motifs is 1. The highest BCUT2D eigenvalue weighted by Crippen LogP contribution is 2.19. The largest absolute Gasteiger partial charge is 0.368 e. The van der Waals surface area contributed by atoms with E-state index in [0.29, 0.717) is 5.82 Å². The van der Waals surface area contributed by atoms with Crippen molar-refractivity contribution in [2.45, 2.75) is 60.9 Å². The molecule has 6 heteroatoms. The van der Waals surface area contributed by atoms with Crippen LogP contribution in [0.15, 0.2) is 6.33 Å². The molecule has 0 saturated carbocycles. The third-order valence-corrected chi connectivity index (χ3v) is 2.58. The molecule has 2 aromatic heterocycles. The maximum Gasteiger partial charge on any atom is 0.224 e. The van der Waals surface area contributed by atoms with Gasteiger partial charge in [0.25, 0.3) is 0 Å². The highest BCUT2D eigenvalue weighted by Gasteiger charge is 2.11. The Morgan fingerprint density at radius 3 is 2.38 bits per heavy atom. The van der Waals surface area contributed by atoms with Crippen LogP contribution in [0.25, 0.3) is 11.2 Å². The average Bonchev–Trinajstić information content (AvgIpc) is 2.92. The third-order valence-electron chi connectivity index (χ3n) is 2.58. The molecule has 0 amide bonds. The molecule has 2 aromatic rings. The Morgan fingerprint density at radius 2 is 1.81 bits per heavy atom. The number of hydrogen-bond acceptors (Lipinski definition) is 5. The summed E-state index contributed by atoms with van der Waals surface area (Å²) in [6, 6.07) is 0. The van der Waals surface area contributed by atoms with Crippen molar-refractivity contribution in [2.24, 2.45) is 0 Å². The van der Waals surface area contributed by atoms with Gasteiger partial charge in [0.2, 0.25) is 5.95 Å².